The number of carbonyl (C=O) groups is 1. The van der Waals surface area contributed by atoms with E-state index in [2.05, 4.69) is 10.3 Å². The van der Waals surface area contributed by atoms with Gasteiger partial charge in [0.25, 0.3) is 0 Å². The molecule has 5 heteroatoms. The Hall–Kier alpha value is -3.21. The van der Waals surface area contributed by atoms with Crippen molar-refractivity contribution >= 4 is 17.4 Å². The second-order valence-corrected chi connectivity index (χ2v) is 5.22. The molecule has 1 aromatic heterocycles. The van der Waals surface area contributed by atoms with E-state index >= 15 is 0 Å². The van der Waals surface area contributed by atoms with Gasteiger partial charge in [0, 0.05) is 23.8 Å². The number of aromatic nitrogens is 1. The molecule has 0 unspecified atom stereocenters. The molecule has 0 radical (unpaired) electrons. The molecule has 0 saturated carbocycles. The van der Waals surface area contributed by atoms with E-state index < -0.39 is 5.82 Å². The van der Waals surface area contributed by atoms with Crippen molar-refractivity contribution in [1.29, 1.82) is 0 Å². The molecule has 4 nitrogen and oxygen atoms in total. The minimum Gasteiger partial charge on any atom is -0.308 e. The monoisotopic (exact) mass is 321 g/mol. The Morgan fingerprint density at radius 2 is 1.88 bits per heavy atom. The minimum absolute atomic E-state index is 0.288. The van der Waals surface area contributed by atoms with Crippen molar-refractivity contribution in [2.75, 3.05) is 10.2 Å². The molecule has 3 rings (SSSR count). The average Bonchev–Trinajstić information content (AvgIpc) is 2.61. The Labute approximate surface area is 139 Å². The molecule has 0 fully saturated rings. The van der Waals surface area contributed by atoms with Gasteiger partial charge in [0.05, 0.1) is 6.54 Å². The molecule has 2 aromatic carbocycles. The molecule has 0 saturated heterocycles. The van der Waals surface area contributed by atoms with Gasteiger partial charge < -0.3 is 5.32 Å². The number of nitrogens with zero attached hydrogens (tertiary/aromatic N) is 2. The number of nitrogens with one attached hydrogen (secondary N) is 1. The SMILES string of the molecule is O=C(Nc1ccccc1)N(Cc1cccnc1)c1cccc(F)c1. The zero-order valence-electron chi connectivity index (χ0n) is 12.9. The van der Waals surface area contributed by atoms with Crippen molar-refractivity contribution in [1.82, 2.24) is 4.98 Å². The summed E-state index contributed by atoms with van der Waals surface area (Å²) in [6.07, 6.45) is 3.35. The quantitative estimate of drug-likeness (QED) is 0.771. The van der Waals surface area contributed by atoms with Gasteiger partial charge in [0.1, 0.15) is 5.82 Å². The number of urea groups is 1. The fourth-order valence-electron chi connectivity index (χ4n) is 2.31. The van der Waals surface area contributed by atoms with Crippen LogP contribution in [0.5, 0.6) is 0 Å². The number of pyridine rings is 1. The Balaban J connectivity index is 1.87. The first kappa shape index (κ1) is 15.7. The van der Waals surface area contributed by atoms with Crippen LogP contribution in [0.4, 0.5) is 20.6 Å². The highest BCUT2D eigenvalue weighted by Crippen LogP contribution is 2.20. The van der Waals surface area contributed by atoms with Gasteiger partial charge in [-0.1, -0.05) is 30.3 Å². The Bertz CT molecular complexity index is 809. The van der Waals surface area contributed by atoms with E-state index in [-0.39, 0.29) is 12.6 Å². The number of halogens is 1. The molecule has 0 aliphatic heterocycles. The molecule has 24 heavy (non-hydrogen) atoms. The minimum atomic E-state index is -0.392. The number of hydrogen-bond donors (Lipinski definition) is 1. The number of carbonyl (C=O) groups excluding carboxylic acids is 1. The number of hydrogen-bond acceptors (Lipinski definition) is 2. The van der Waals surface area contributed by atoms with Crippen molar-refractivity contribution in [2.24, 2.45) is 0 Å². The number of benzene rings is 2. The van der Waals surface area contributed by atoms with Gasteiger partial charge in [0.15, 0.2) is 0 Å². The lowest BCUT2D eigenvalue weighted by atomic mass is 10.2. The van der Waals surface area contributed by atoms with E-state index in [1.807, 2.05) is 24.3 Å². The topological polar surface area (TPSA) is 45.2 Å². The molecular formula is C19H16FN3O. The second-order valence-electron chi connectivity index (χ2n) is 5.22. The maximum Gasteiger partial charge on any atom is 0.326 e. The summed E-state index contributed by atoms with van der Waals surface area (Å²) in [6, 6.07) is 18.4. The van der Waals surface area contributed by atoms with Gasteiger partial charge in [-0.25, -0.2) is 9.18 Å². The third-order valence-corrected chi connectivity index (χ3v) is 3.45. The standard InChI is InChI=1S/C19H16FN3O/c20-16-7-4-10-18(12-16)23(14-15-6-5-11-21-13-15)19(24)22-17-8-2-1-3-9-17/h1-13H,14H2,(H,22,24). The molecule has 1 N–H and O–H groups in total. The van der Waals surface area contributed by atoms with Gasteiger partial charge >= 0.3 is 6.03 Å². The first-order chi connectivity index (χ1) is 11.7. The van der Waals surface area contributed by atoms with Gasteiger partial charge in [0.2, 0.25) is 0 Å². The predicted octanol–water partition coefficient (Wildman–Crippen LogP) is 4.46. The molecule has 0 bridgehead atoms. The van der Waals surface area contributed by atoms with Gasteiger partial charge in [-0.3, -0.25) is 9.88 Å². The normalized spacial score (nSPS) is 10.2. The van der Waals surface area contributed by atoms with Crippen LogP contribution in [0.25, 0.3) is 0 Å². The summed E-state index contributed by atoms with van der Waals surface area (Å²) in [6.45, 7) is 0.288. The summed E-state index contributed by atoms with van der Waals surface area (Å²) in [5, 5.41) is 2.82. The Morgan fingerprint density at radius 3 is 2.58 bits per heavy atom. The third kappa shape index (κ3) is 3.95. The number of rotatable bonds is 4. The van der Waals surface area contributed by atoms with Crippen LogP contribution in [-0.2, 0) is 6.54 Å². The third-order valence-electron chi connectivity index (χ3n) is 3.45. The molecule has 3 aromatic rings. The Morgan fingerprint density at radius 1 is 1.04 bits per heavy atom. The van der Waals surface area contributed by atoms with E-state index in [1.165, 1.54) is 17.0 Å². The summed E-state index contributed by atoms with van der Waals surface area (Å²) in [4.78, 5) is 18.2. The van der Waals surface area contributed by atoms with Gasteiger partial charge in [-0.2, -0.15) is 0 Å². The van der Waals surface area contributed by atoms with Crippen molar-refractivity contribution < 1.29 is 9.18 Å². The first-order valence-electron chi connectivity index (χ1n) is 7.50. The van der Waals surface area contributed by atoms with Crippen LogP contribution >= 0.6 is 0 Å². The van der Waals surface area contributed by atoms with E-state index in [9.17, 15) is 9.18 Å². The molecule has 2 amide bonds. The Kier molecular flexibility index (Phi) is 4.81. The maximum atomic E-state index is 13.6. The lowest BCUT2D eigenvalue weighted by molar-refractivity contribution is 0.256. The number of para-hydroxylation sites is 1. The van der Waals surface area contributed by atoms with E-state index in [0.717, 1.165) is 5.56 Å². The van der Waals surface area contributed by atoms with Crippen molar-refractivity contribution in [3.8, 4) is 0 Å². The average molecular weight is 321 g/mol. The van der Waals surface area contributed by atoms with Crippen LogP contribution < -0.4 is 10.2 Å². The van der Waals surface area contributed by atoms with E-state index in [1.54, 1.807) is 42.7 Å². The van der Waals surface area contributed by atoms with Gasteiger partial charge in [-0.15, -0.1) is 0 Å². The second kappa shape index (κ2) is 7.37. The highest BCUT2D eigenvalue weighted by molar-refractivity contribution is 6.01. The maximum absolute atomic E-state index is 13.6. The first-order valence-corrected chi connectivity index (χ1v) is 7.50. The van der Waals surface area contributed by atoms with Crippen LogP contribution in [0.2, 0.25) is 0 Å². The summed E-state index contributed by atoms with van der Waals surface area (Å²) in [5.74, 6) is -0.392. The zero-order valence-corrected chi connectivity index (χ0v) is 12.9. The van der Waals surface area contributed by atoms with E-state index in [0.29, 0.717) is 11.4 Å². The molecule has 0 aliphatic carbocycles. The molecule has 1 heterocycles. The number of amides is 2. The predicted molar refractivity (Wildman–Crippen MR) is 92.3 cm³/mol. The molecular weight excluding hydrogens is 305 g/mol. The number of anilines is 2. The summed E-state index contributed by atoms with van der Waals surface area (Å²) < 4.78 is 13.6. The lowest BCUT2D eigenvalue weighted by Gasteiger charge is -2.23. The van der Waals surface area contributed by atoms with Crippen LogP contribution in [0.1, 0.15) is 5.56 Å². The van der Waals surface area contributed by atoms with Crippen LogP contribution in [-0.4, -0.2) is 11.0 Å². The summed E-state index contributed by atoms with van der Waals surface area (Å²) in [5.41, 5.74) is 2.01. The largest absolute Gasteiger partial charge is 0.326 e. The van der Waals surface area contributed by atoms with Crippen LogP contribution in [0.3, 0.4) is 0 Å². The molecule has 120 valence electrons. The summed E-state index contributed by atoms with van der Waals surface area (Å²) >= 11 is 0. The van der Waals surface area contributed by atoms with E-state index in [4.69, 9.17) is 0 Å². The molecule has 0 aliphatic rings. The van der Waals surface area contributed by atoms with Crippen LogP contribution in [0.15, 0.2) is 79.1 Å². The smallest absolute Gasteiger partial charge is 0.308 e. The fourth-order valence-corrected chi connectivity index (χ4v) is 2.31. The highest BCUT2D eigenvalue weighted by Gasteiger charge is 2.17. The summed E-state index contributed by atoms with van der Waals surface area (Å²) in [7, 11) is 0. The molecule has 0 spiro atoms. The fraction of sp³-hybridized carbons (Fsp3) is 0.0526. The van der Waals surface area contributed by atoms with Crippen molar-refractivity contribution in [3.05, 3.63) is 90.5 Å². The van der Waals surface area contributed by atoms with Crippen LogP contribution in [0, 0.1) is 5.82 Å². The molecule has 0 atom stereocenters. The zero-order chi connectivity index (χ0) is 16.8. The highest BCUT2D eigenvalue weighted by atomic mass is 19.1. The lowest BCUT2D eigenvalue weighted by Crippen LogP contribution is -2.34. The van der Waals surface area contributed by atoms with Crippen molar-refractivity contribution in [3.63, 3.8) is 0 Å². The van der Waals surface area contributed by atoms with Crippen molar-refractivity contribution in [2.45, 2.75) is 6.54 Å². The van der Waals surface area contributed by atoms with Gasteiger partial charge in [-0.05, 0) is 42.0 Å².